The maximum absolute atomic E-state index is 6.14. The maximum Gasteiger partial charge on any atom is 0.213 e. The van der Waals surface area contributed by atoms with E-state index in [2.05, 4.69) is 10.1 Å². The molecule has 0 aliphatic carbocycles. The molecule has 4 nitrogen and oxygen atoms in total. The predicted octanol–water partition coefficient (Wildman–Crippen LogP) is 2.32. The summed E-state index contributed by atoms with van der Waals surface area (Å²) in [6.07, 6.45) is 3.07. The zero-order valence-corrected chi connectivity index (χ0v) is 9.61. The molecule has 1 aromatic heterocycles. The van der Waals surface area contributed by atoms with Gasteiger partial charge in [-0.2, -0.15) is 5.10 Å². The topological polar surface area (TPSA) is 43.2 Å². The number of halogens is 2. The van der Waals surface area contributed by atoms with Crippen molar-refractivity contribution in [1.29, 1.82) is 0 Å². The molecule has 6 heteroatoms. The Morgan fingerprint density at radius 3 is 2.75 bits per heavy atom. The molecule has 1 saturated heterocycles. The lowest BCUT2D eigenvalue weighted by Gasteiger charge is -2.13. The summed E-state index contributed by atoms with van der Waals surface area (Å²) in [6.45, 7) is 0.539. The molecule has 2 heterocycles. The minimum absolute atomic E-state index is 0.539. The summed E-state index contributed by atoms with van der Waals surface area (Å²) >= 11 is 12.0. The van der Waals surface area contributed by atoms with Gasteiger partial charge in [-0.1, -0.05) is 29.3 Å². The highest BCUT2D eigenvalue weighted by Gasteiger charge is 2.51. The number of benzene rings is 1. The molecule has 82 valence electrons. The van der Waals surface area contributed by atoms with Crippen LogP contribution in [0.4, 0.5) is 0 Å². The Bertz CT molecular complexity index is 523. The molecule has 0 amide bonds. The van der Waals surface area contributed by atoms with Crippen LogP contribution in [0.3, 0.4) is 0 Å². The average molecular weight is 256 g/mol. The minimum Gasteiger partial charge on any atom is -0.342 e. The van der Waals surface area contributed by atoms with Crippen LogP contribution in [0.5, 0.6) is 0 Å². The second kappa shape index (κ2) is 3.45. The van der Waals surface area contributed by atoms with Crippen LogP contribution in [-0.2, 0) is 10.5 Å². The van der Waals surface area contributed by atoms with Crippen molar-refractivity contribution in [2.24, 2.45) is 0 Å². The zero-order valence-electron chi connectivity index (χ0n) is 8.10. The van der Waals surface area contributed by atoms with Gasteiger partial charge in [0.15, 0.2) is 0 Å². The largest absolute Gasteiger partial charge is 0.342 e. The molecule has 1 atom stereocenters. The highest BCUT2D eigenvalue weighted by Crippen LogP contribution is 2.43. The highest BCUT2D eigenvalue weighted by molar-refractivity contribution is 6.35. The van der Waals surface area contributed by atoms with Crippen LogP contribution in [0.15, 0.2) is 30.9 Å². The highest BCUT2D eigenvalue weighted by atomic mass is 35.5. The Morgan fingerprint density at radius 2 is 2.19 bits per heavy atom. The Morgan fingerprint density at radius 1 is 1.38 bits per heavy atom. The van der Waals surface area contributed by atoms with Gasteiger partial charge in [0.2, 0.25) is 5.72 Å². The predicted molar refractivity (Wildman–Crippen MR) is 59.5 cm³/mol. The lowest BCUT2D eigenvalue weighted by Crippen LogP contribution is -2.21. The van der Waals surface area contributed by atoms with Crippen molar-refractivity contribution >= 4 is 23.2 Å². The summed E-state index contributed by atoms with van der Waals surface area (Å²) in [5.41, 5.74) is 0.252. The summed E-state index contributed by atoms with van der Waals surface area (Å²) < 4.78 is 7.14. The summed E-state index contributed by atoms with van der Waals surface area (Å²) in [7, 11) is 0. The molecule has 0 spiro atoms. The first-order chi connectivity index (χ1) is 7.72. The maximum atomic E-state index is 6.14. The van der Waals surface area contributed by atoms with Gasteiger partial charge in [0.25, 0.3) is 0 Å². The van der Waals surface area contributed by atoms with Gasteiger partial charge >= 0.3 is 0 Å². The number of hydrogen-bond acceptors (Lipinski definition) is 3. The van der Waals surface area contributed by atoms with E-state index >= 15 is 0 Å². The van der Waals surface area contributed by atoms with Crippen LogP contribution in [-0.4, -0.2) is 21.4 Å². The second-order valence-corrected chi connectivity index (χ2v) is 4.38. The van der Waals surface area contributed by atoms with Crippen molar-refractivity contribution in [1.82, 2.24) is 14.8 Å². The molecular formula is C10H7Cl2N3O. The Kier molecular flexibility index (Phi) is 2.17. The van der Waals surface area contributed by atoms with Crippen LogP contribution in [0.1, 0.15) is 5.56 Å². The van der Waals surface area contributed by atoms with Gasteiger partial charge < -0.3 is 4.74 Å². The fourth-order valence-electron chi connectivity index (χ4n) is 1.68. The van der Waals surface area contributed by atoms with E-state index in [1.54, 1.807) is 23.1 Å². The zero-order chi connectivity index (χ0) is 11.2. The quantitative estimate of drug-likeness (QED) is 0.774. The fourth-order valence-corrected chi connectivity index (χ4v) is 2.24. The molecule has 1 aromatic carbocycles. The van der Waals surface area contributed by atoms with E-state index in [-0.39, 0.29) is 0 Å². The van der Waals surface area contributed by atoms with Crippen LogP contribution < -0.4 is 0 Å². The molecule has 1 aliphatic rings. The van der Waals surface area contributed by atoms with Crippen molar-refractivity contribution < 1.29 is 4.74 Å². The Balaban J connectivity index is 2.10. The van der Waals surface area contributed by atoms with Gasteiger partial charge in [0, 0.05) is 10.6 Å². The number of hydrogen-bond donors (Lipinski definition) is 0. The van der Waals surface area contributed by atoms with Crippen molar-refractivity contribution in [3.8, 4) is 0 Å². The minimum atomic E-state index is -0.599. The third-order valence-electron chi connectivity index (χ3n) is 2.56. The van der Waals surface area contributed by atoms with E-state index in [1.807, 2.05) is 6.07 Å². The van der Waals surface area contributed by atoms with Gasteiger partial charge in [-0.3, -0.25) is 0 Å². The molecular weight excluding hydrogens is 249 g/mol. The van der Waals surface area contributed by atoms with E-state index in [4.69, 9.17) is 27.9 Å². The lowest BCUT2D eigenvalue weighted by molar-refractivity contribution is 0.250. The summed E-state index contributed by atoms with van der Waals surface area (Å²) in [5.74, 6) is 0. The van der Waals surface area contributed by atoms with Crippen molar-refractivity contribution in [2.75, 3.05) is 6.61 Å². The van der Waals surface area contributed by atoms with E-state index in [9.17, 15) is 0 Å². The van der Waals surface area contributed by atoms with Crippen LogP contribution in [0.2, 0.25) is 10.0 Å². The van der Waals surface area contributed by atoms with Gasteiger partial charge in [0.1, 0.15) is 19.3 Å². The van der Waals surface area contributed by atoms with Crippen molar-refractivity contribution in [3.05, 3.63) is 46.5 Å². The summed E-state index contributed by atoms with van der Waals surface area (Å²) in [5, 5.41) is 5.25. The molecule has 0 bridgehead atoms. The number of ether oxygens (including phenoxy) is 1. The summed E-state index contributed by atoms with van der Waals surface area (Å²) in [6, 6.07) is 5.32. The Hall–Kier alpha value is -1.10. The molecule has 16 heavy (non-hydrogen) atoms. The molecule has 0 N–H and O–H groups in total. The van der Waals surface area contributed by atoms with Crippen LogP contribution in [0, 0.1) is 0 Å². The number of aromatic nitrogens is 3. The average Bonchev–Trinajstić information content (AvgIpc) is 2.87. The Labute approximate surface area is 102 Å². The van der Waals surface area contributed by atoms with E-state index in [1.165, 1.54) is 6.33 Å². The molecule has 2 aromatic rings. The molecule has 3 rings (SSSR count). The smallest absolute Gasteiger partial charge is 0.213 e. The third kappa shape index (κ3) is 1.42. The summed E-state index contributed by atoms with van der Waals surface area (Å²) in [4.78, 5) is 3.90. The van der Waals surface area contributed by atoms with E-state index < -0.39 is 5.72 Å². The van der Waals surface area contributed by atoms with Crippen molar-refractivity contribution in [3.63, 3.8) is 0 Å². The normalized spacial score (nSPS) is 23.4. The number of rotatable bonds is 2. The fraction of sp³-hybridized carbons (Fsp3) is 0.200. The molecule has 1 fully saturated rings. The van der Waals surface area contributed by atoms with Gasteiger partial charge in [0.05, 0.1) is 5.02 Å². The number of nitrogens with zero attached hydrogens (tertiary/aromatic N) is 3. The standard InChI is InChI=1S/C10H7Cl2N3O/c11-7-1-2-8(9(12)3-7)10(4-16-10)15-6-13-5-14-15/h1-3,5-6H,4H2. The molecule has 1 aliphatic heterocycles. The van der Waals surface area contributed by atoms with Crippen LogP contribution >= 0.6 is 23.2 Å². The second-order valence-electron chi connectivity index (χ2n) is 3.54. The third-order valence-corrected chi connectivity index (χ3v) is 3.11. The monoisotopic (exact) mass is 255 g/mol. The SMILES string of the molecule is Clc1ccc(C2(n3cncn3)CO2)c(Cl)c1. The number of epoxide rings is 1. The molecule has 0 radical (unpaired) electrons. The first kappa shape index (κ1) is 10.1. The van der Waals surface area contributed by atoms with Crippen molar-refractivity contribution in [2.45, 2.75) is 5.72 Å². The first-order valence-corrected chi connectivity index (χ1v) is 5.42. The van der Waals surface area contributed by atoms with Gasteiger partial charge in [-0.25, -0.2) is 9.67 Å². The van der Waals surface area contributed by atoms with Crippen LogP contribution in [0.25, 0.3) is 0 Å². The van der Waals surface area contributed by atoms with Gasteiger partial charge in [-0.05, 0) is 12.1 Å². The van der Waals surface area contributed by atoms with E-state index in [0.29, 0.717) is 16.7 Å². The molecule has 0 saturated carbocycles. The van der Waals surface area contributed by atoms with Gasteiger partial charge in [-0.15, -0.1) is 0 Å². The van der Waals surface area contributed by atoms with E-state index in [0.717, 1.165) is 5.56 Å². The lowest BCUT2D eigenvalue weighted by atomic mass is 10.1. The molecule has 1 unspecified atom stereocenters. The first-order valence-electron chi connectivity index (χ1n) is 4.67.